The first kappa shape index (κ1) is 16.9. The van der Waals surface area contributed by atoms with E-state index < -0.39 is 0 Å². The molecular formula is C15H24N4O2. The molecule has 5 N–H and O–H groups in total. The monoisotopic (exact) mass is 292 g/mol. The van der Waals surface area contributed by atoms with Crippen molar-refractivity contribution in [1.82, 2.24) is 10.3 Å². The highest BCUT2D eigenvalue weighted by molar-refractivity contribution is 5.94. The molecule has 1 aromatic heterocycles. The Bertz CT molecular complexity index is 521. The van der Waals surface area contributed by atoms with Crippen LogP contribution in [0.3, 0.4) is 0 Å². The van der Waals surface area contributed by atoms with Gasteiger partial charge in [0.05, 0.1) is 0 Å². The van der Waals surface area contributed by atoms with E-state index in [9.17, 15) is 9.59 Å². The quantitative estimate of drug-likeness (QED) is 0.687. The van der Waals surface area contributed by atoms with E-state index in [1.807, 2.05) is 20.8 Å². The minimum Gasteiger partial charge on any atom is -0.384 e. The number of rotatable bonds is 6. The summed E-state index contributed by atoms with van der Waals surface area (Å²) in [5.41, 5.74) is 11.9. The third-order valence-electron chi connectivity index (χ3n) is 3.01. The van der Waals surface area contributed by atoms with Gasteiger partial charge in [0.2, 0.25) is 5.91 Å². The molecule has 0 bridgehead atoms. The van der Waals surface area contributed by atoms with Crippen molar-refractivity contribution in [3.63, 3.8) is 0 Å². The molecule has 0 radical (unpaired) electrons. The van der Waals surface area contributed by atoms with Crippen LogP contribution in [0.15, 0.2) is 12.1 Å². The first-order chi connectivity index (χ1) is 9.70. The molecule has 0 atom stereocenters. The normalized spacial score (nSPS) is 11.2. The Morgan fingerprint density at radius 1 is 1.24 bits per heavy atom. The maximum atomic E-state index is 12.1. The van der Waals surface area contributed by atoms with Crippen molar-refractivity contribution in [3.8, 4) is 0 Å². The zero-order chi connectivity index (χ0) is 16.0. The van der Waals surface area contributed by atoms with E-state index in [1.54, 1.807) is 12.1 Å². The second kappa shape index (κ2) is 7.06. The van der Waals surface area contributed by atoms with Crippen LogP contribution in [-0.4, -0.2) is 23.3 Å². The molecule has 0 spiro atoms. The van der Waals surface area contributed by atoms with Crippen LogP contribution in [0.2, 0.25) is 0 Å². The van der Waals surface area contributed by atoms with Gasteiger partial charge >= 0.3 is 0 Å². The molecule has 116 valence electrons. The molecule has 0 unspecified atom stereocenters. The molecule has 0 aliphatic carbocycles. The summed E-state index contributed by atoms with van der Waals surface area (Å²) in [7, 11) is 0. The smallest absolute Gasteiger partial charge is 0.251 e. The molecule has 0 fully saturated rings. The van der Waals surface area contributed by atoms with Crippen LogP contribution in [0.5, 0.6) is 0 Å². The average molecular weight is 292 g/mol. The Labute approximate surface area is 125 Å². The van der Waals surface area contributed by atoms with Crippen LogP contribution < -0.4 is 16.8 Å². The number of aromatic nitrogens is 1. The Kier molecular flexibility index (Phi) is 5.69. The number of nitrogens with two attached hydrogens (primary N) is 2. The number of pyridine rings is 1. The molecule has 0 aliphatic heterocycles. The predicted octanol–water partition coefficient (Wildman–Crippen LogP) is 1.35. The van der Waals surface area contributed by atoms with Crippen LogP contribution >= 0.6 is 0 Å². The lowest BCUT2D eigenvalue weighted by Crippen LogP contribution is -2.26. The number of primary amides is 1. The number of nitrogens with zero attached hydrogens (tertiary/aromatic N) is 1. The highest BCUT2D eigenvalue weighted by atomic mass is 16.2. The number of amides is 2. The standard InChI is InChI=1S/C15H24N4O2/c1-15(2,3)11-8-10(9-12(16)19-11)14(21)18-7-5-4-6-13(17)20/h8-9H,4-7H2,1-3H3,(H2,16,19)(H2,17,20)(H,18,21). The molecule has 2 amide bonds. The number of carbonyl (C=O) groups is 2. The zero-order valence-corrected chi connectivity index (χ0v) is 12.9. The van der Waals surface area contributed by atoms with Crippen LogP contribution in [0.25, 0.3) is 0 Å². The summed E-state index contributed by atoms with van der Waals surface area (Å²) in [6.45, 7) is 6.54. The molecule has 0 saturated carbocycles. The third kappa shape index (κ3) is 5.81. The van der Waals surface area contributed by atoms with Gasteiger partial charge in [-0.1, -0.05) is 20.8 Å². The first-order valence-corrected chi connectivity index (χ1v) is 7.04. The zero-order valence-electron chi connectivity index (χ0n) is 12.9. The predicted molar refractivity (Wildman–Crippen MR) is 82.7 cm³/mol. The molecule has 0 saturated heterocycles. The molecule has 1 aromatic rings. The molecular weight excluding hydrogens is 268 g/mol. The number of unbranched alkanes of at least 4 members (excludes halogenated alkanes) is 1. The summed E-state index contributed by atoms with van der Waals surface area (Å²) in [4.78, 5) is 27.0. The van der Waals surface area contributed by atoms with Gasteiger partial charge in [-0.3, -0.25) is 9.59 Å². The highest BCUT2D eigenvalue weighted by Gasteiger charge is 2.18. The number of hydrogen-bond donors (Lipinski definition) is 3. The Balaban J connectivity index is 2.62. The van der Waals surface area contributed by atoms with Gasteiger partial charge in [0.1, 0.15) is 5.82 Å². The van der Waals surface area contributed by atoms with Crippen molar-refractivity contribution in [1.29, 1.82) is 0 Å². The molecule has 1 rings (SSSR count). The van der Waals surface area contributed by atoms with Gasteiger partial charge in [0.25, 0.3) is 5.91 Å². The molecule has 6 nitrogen and oxygen atoms in total. The first-order valence-electron chi connectivity index (χ1n) is 7.04. The van der Waals surface area contributed by atoms with Crippen LogP contribution in [0.1, 0.15) is 56.1 Å². The van der Waals surface area contributed by atoms with Gasteiger partial charge in [-0.15, -0.1) is 0 Å². The van der Waals surface area contributed by atoms with Crippen LogP contribution in [-0.2, 0) is 10.2 Å². The number of nitrogen functional groups attached to an aromatic ring is 1. The summed E-state index contributed by atoms with van der Waals surface area (Å²) in [5.74, 6) is -0.173. The summed E-state index contributed by atoms with van der Waals surface area (Å²) in [6, 6.07) is 3.32. The Morgan fingerprint density at radius 2 is 1.90 bits per heavy atom. The fraction of sp³-hybridized carbons (Fsp3) is 0.533. The molecule has 1 heterocycles. The molecule has 21 heavy (non-hydrogen) atoms. The van der Waals surface area contributed by atoms with Crippen LogP contribution in [0, 0.1) is 0 Å². The van der Waals surface area contributed by atoms with Gasteiger partial charge in [-0.2, -0.15) is 0 Å². The van der Waals surface area contributed by atoms with Crippen molar-refractivity contribution in [3.05, 3.63) is 23.4 Å². The fourth-order valence-corrected chi connectivity index (χ4v) is 1.80. The fourth-order valence-electron chi connectivity index (χ4n) is 1.80. The summed E-state index contributed by atoms with van der Waals surface area (Å²) in [5, 5.41) is 2.80. The van der Waals surface area contributed by atoms with E-state index >= 15 is 0 Å². The van der Waals surface area contributed by atoms with E-state index in [4.69, 9.17) is 11.5 Å². The molecule has 6 heteroatoms. The summed E-state index contributed by atoms with van der Waals surface area (Å²) < 4.78 is 0. The van der Waals surface area contributed by atoms with Crippen LogP contribution in [0.4, 0.5) is 5.82 Å². The molecule has 0 aliphatic rings. The van der Waals surface area contributed by atoms with Crippen molar-refractivity contribution in [2.45, 2.75) is 45.4 Å². The van der Waals surface area contributed by atoms with Gasteiger partial charge in [0, 0.05) is 29.6 Å². The maximum absolute atomic E-state index is 12.1. The number of nitrogens with one attached hydrogen (secondary N) is 1. The Morgan fingerprint density at radius 3 is 2.48 bits per heavy atom. The second-order valence-electron chi connectivity index (χ2n) is 6.10. The summed E-state index contributed by atoms with van der Waals surface area (Å²) in [6.07, 6.45) is 1.72. The van der Waals surface area contributed by atoms with Crippen molar-refractivity contribution < 1.29 is 9.59 Å². The van der Waals surface area contributed by atoms with Gasteiger partial charge < -0.3 is 16.8 Å². The maximum Gasteiger partial charge on any atom is 0.251 e. The van der Waals surface area contributed by atoms with Gasteiger partial charge in [-0.05, 0) is 25.0 Å². The van der Waals surface area contributed by atoms with Crippen molar-refractivity contribution in [2.75, 3.05) is 12.3 Å². The van der Waals surface area contributed by atoms with E-state index in [0.29, 0.717) is 37.2 Å². The van der Waals surface area contributed by atoms with E-state index in [-0.39, 0.29) is 17.2 Å². The highest BCUT2D eigenvalue weighted by Crippen LogP contribution is 2.22. The van der Waals surface area contributed by atoms with Crippen molar-refractivity contribution in [2.24, 2.45) is 5.73 Å². The SMILES string of the molecule is CC(C)(C)c1cc(C(=O)NCCCCC(N)=O)cc(N)n1. The largest absolute Gasteiger partial charge is 0.384 e. The minimum atomic E-state index is -0.321. The summed E-state index contributed by atoms with van der Waals surface area (Å²) >= 11 is 0. The second-order valence-corrected chi connectivity index (χ2v) is 6.10. The third-order valence-corrected chi connectivity index (χ3v) is 3.01. The lowest BCUT2D eigenvalue weighted by Gasteiger charge is -2.19. The number of carbonyl (C=O) groups excluding carboxylic acids is 2. The lowest BCUT2D eigenvalue weighted by atomic mass is 9.90. The average Bonchev–Trinajstić information content (AvgIpc) is 2.36. The van der Waals surface area contributed by atoms with Crippen molar-refractivity contribution >= 4 is 17.6 Å². The molecule has 0 aromatic carbocycles. The topological polar surface area (TPSA) is 111 Å². The van der Waals surface area contributed by atoms with E-state index in [2.05, 4.69) is 10.3 Å². The minimum absolute atomic E-state index is 0.175. The van der Waals surface area contributed by atoms with Gasteiger partial charge in [0.15, 0.2) is 0 Å². The van der Waals surface area contributed by atoms with E-state index in [1.165, 1.54) is 0 Å². The number of hydrogen-bond acceptors (Lipinski definition) is 4. The number of anilines is 1. The Hall–Kier alpha value is -2.11. The van der Waals surface area contributed by atoms with E-state index in [0.717, 1.165) is 5.69 Å². The lowest BCUT2D eigenvalue weighted by molar-refractivity contribution is -0.118. The van der Waals surface area contributed by atoms with Gasteiger partial charge in [-0.25, -0.2) is 4.98 Å².